The lowest BCUT2D eigenvalue weighted by Crippen LogP contribution is -2.47. The molecule has 3 heterocycles. The van der Waals surface area contributed by atoms with Crippen LogP contribution in [0.25, 0.3) is 67.7 Å². The second-order valence-corrected chi connectivity index (χ2v) is 13.6. The Kier molecular flexibility index (Phi) is 7.54. The van der Waals surface area contributed by atoms with Gasteiger partial charge in [0, 0.05) is 33.8 Å². The van der Waals surface area contributed by atoms with E-state index in [4.69, 9.17) is 28.2 Å². The van der Waals surface area contributed by atoms with E-state index in [9.17, 15) is 0 Å². The smallest absolute Gasteiger partial charge is 0.227 e. The van der Waals surface area contributed by atoms with Gasteiger partial charge in [-0.15, -0.1) is 0 Å². The third-order valence-corrected chi connectivity index (χ3v) is 10.4. The topological polar surface area (TPSA) is 81.3 Å². The first-order chi connectivity index (χ1) is 25.2. The predicted octanol–water partition coefficient (Wildman–Crippen LogP) is 0.131. The van der Waals surface area contributed by atoms with Crippen molar-refractivity contribution in [2.75, 3.05) is 4.90 Å². The van der Waals surface area contributed by atoms with Crippen LogP contribution in [0.3, 0.4) is 0 Å². The maximum absolute atomic E-state index is 6.38. The van der Waals surface area contributed by atoms with Crippen LogP contribution in [-0.2, 0) is 0 Å². The molecule has 0 amide bonds. The van der Waals surface area contributed by atoms with E-state index in [1.807, 2.05) is 36.4 Å². The lowest BCUT2D eigenvalue weighted by atomic mass is 9.66. The van der Waals surface area contributed by atoms with Crippen LogP contribution >= 0.6 is 0 Å². The molecule has 0 bridgehead atoms. The van der Waals surface area contributed by atoms with Crippen molar-refractivity contribution in [3.05, 3.63) is 109 Å². The molecular weight excluding hydrogens is 637 g/mol. The number of hydrogen-bond acceptors (Lipinski definition) is 7. The lowest BCUT2D eigenvalue weighted by molar-refractivity contribution is 0.619. The van der Waals surface area contributed by atoms with E-state index in [2.05, 4.69) is 125 Å². The van der Waals surface area contributed by atoms with Crippen molar-refractivity contribution in [1.29, 1.82) is 0 Å². The van der Waals surface area contributed by atoms with Crippen LogP contribution in [0.1, 0.15) is 0 Å². The Morgan fingerprint density at radius 1 is 0.423 bits per heavy atom. The van der Waals surface area contributed by atoms with Crippen molar-refractivity contribution in [3.8, 4) is 34.4 Å². The van der Waals surface area contributed by atoms with Crippen LogP contribution in [0, 0.1) is 0 Å². The second-order valence-electron chi connectivity index (χ2n) is 13.6. The minimum Gasteiger partial charge on any atom is -0.437 e. The van der Waals surface area contributed by atoms with E-state index in [0.717, 1.165) is 78.0 Å². The van der Waals surface area contributed by atoms with E-state index >= 15 is 0 Å². The summed E-state index contributed by atoms with van der Waals surface area (Å²) >= 11 is 0. The number of para-hydroxylation sites is 2. The molecule has 0 radical (unpaired) electrons. The Bertz CT molecular complexity index is 2700. The largest absolute Gasteiger partial charge is 0.437 e. The van der Waals surface area contributed by atoms with Gasteiger partial charge in [0.1, 0.15) is 69.2 Å². The molecule has 9 aromatic rings. The van der Waals surface area contributed by atoms with Crippen molar-refractivity contribution < 1.29 is 13.3 Å². The van der Waals surface area contributed by atoms with E-state index in [0.29, 0.717) is 17.7 Å². The molecule has 52 heavy (non-hydrogen) atoms. The van der Waals surface area contributed by atoms with Crippen LogP contribution in [0.4, 0.5) is 17.1 Å². The average molecular weight is 668 g/mol. The van der Waals surface area contributed by atoms with Crippen molar-refractivity contribution in [3.63, 3.8) is 0 Å². The van der Waals surface area contributed by atoms with Crippen LogP contribution < -0.4 is 37.7 Å². The standard InChI is InChI=1S/C39H30B6N4O3/c40-25-17-28-30(18-26(25)41)51-38(47-28)20-7-13-23(14-8-20)49(22-11-5-19(6-12-22)37-46-27-3-1-2-4-29(27)50-37)24-15-9-21(10-16-24)39-48-35-33(44)31(42)32(43)34(45)36(35)52-39/h1-18H,40-45H2. The fourth-order valence-electron chi connectivity index (χ4n) is 6.87. The van der Waals surface area contributed by atoms with Crippen molar-refractivity contribution in [1.82, 2.24) is 15.0 Å². The minimum absolute atomic E-state index is 0.589. The predicted molar refractivity (Wildman–Crippen MR) is 229 cm³/mol. The number of nitrogens with zero attached hydrogens (tertiary/aromatic N) is 4. The number of fused-ring (bicyclic) bond motifs is 3. The van der Waals surface area contributed by atoms with Crippen LogP contribution in [0.2, 0.25) is 0 Å². The van der Waals surface area contributed by atoms with Gasteiger partial charge in [0.25, 0.3) is 0 Å². The summed E-state index contributed by atoms with van der Waals surface area (Å²) < 4.78 is 18.6. The lowest BCUT2D eigenvalue weighted by Gasteiger charge is -2.26. The molecule has 242 valence electrons. The summed E-state index contributed by atoms with van der Waals surface area (Å²) in [4.78, 5) is 16.7. The Labute approximate surface area is 305 Å². The fraction of sp³-hybridized carbons (Fsp3) is 0. The highest BCUT2D eigenvalue weighted by atomic mass is 16.4. The average Bonchev–Trinajstić information content (AvgIpc) is 3.92. The number of benzene rings is 6. The van der Waals surface area contributed by atoms with Crippen molar-refractivity contribution in [2.45, 2.75) is 0 Å². The molecule has 0 fully saturated rings. The van der Waals surface area contributed by atoms with Gasteiger partial charge >= 0.3 is 0 Å². The zero-order valence-corrected chi connectivity index (χ0v) is 29.9. The summed E-state index contributed by atoms with van der Waals surface area (Å²) in [6.45, 7) is 0. The summed E-state index contributed by atoms with van der Waals surface area (Å²) in [5.41, 5.74) is 17.8. The van der Waals surface area contributed by atoms with Gasteiger partial charge in [-0.3, -0.25) is 0 Å². The van der Waals surface area contributed by atoms with Crippen LogP contribution in [0.5, 0.6) is 0 Å². The quantitative estimate of drug-likeness (QED) is 0.234. The molecule has 0 unspecified atom stereocenters. The Morgan fingerprint density at radius 3 is 1.48 bits per heavy atom. The Hall–Kier alpha value is -6.08. The number of oxazole rings is 3. The SMILES string of the molecule is Bc1cc2nc(-c3ccc(N(c4ccc(-c5nc6ccccc6o5)cc4)c4ccc(-c5nc6c(B)c(B)c(B)c(B)c6o5)cc4)cc3)oc2cc1B. The summed E-state index contributed by atoms with van der Waals surface area (Å²) in [6, 6.07) is 36.9. The highest BCUT2D eigenvalue weighted by Crippen LogP contribution is 2.38. The van der Waals surface area contributed by atoms with Gasteiger partial charge in [0.2, 0.25) is 17.7 Å². The van der Waals surface area contributed by atoms with Gasteiger partial charge in [0.15, 0.2) is 11.2 Å². The molecule has 0 aliphatic carbocycles. The van der Waals surface area contributed by atoms with Crippen LogP contribution in [0.15, 0.2) is 122 Å². The number of aromatic nitrogens is 3. The second kappa shape index (κ2) is 12.3. The molecule has 0 atom stereocenters. The zero-order chi connectivity index (χ0) is 35.7. The van der Waals surface area contributed by atoms with E-state index in [1.165, 1.54) is 21.9 Å². The molecule has 0 aliphatic rings. The first kappa shape index (κ1) is 31.9. The number of hydrogen-bond donors (Lipinski definition) is 0. The molecule has 0 N–H and O–H groups in total. The maximum Gasteiger partial charge on any atom is 0.227 e. The summed E-state index contributed by atoms with van der Waals surface area (Å²) in [5.74, 6) is 1.80. The highest BCUT2D eigenvalue weighted by molar-refractivity contribution is 6.66. The Morgan fingerprint density at radius 2 is 0.904 bits per heavy atom. The van der Waals surface area contributed by atoms with Gasteiger partial charge < -0.3 is 18.2 Å². The van der Waals surface area contributed by atoms with Gasteiger partial charge in [-0.2, -0.15) is 0 Å². The molecule has 6 aromatic carbocycles. The Balaban J connectivity index is 1.10. The van der Waals surface area contributed by atoms with Gasteiger partial charge in [-0.25, -0.2) is 15.0 Å². The van der Waals surface area contributed by atoms with Crippen molar-refractivity contribution >= 4 is 130 Å². The molecule has 3 aromatic heterocycles. The molecule has 0 spiro atoms. The molecule has 0 saturated heterocycles. The zero-order valence-electron chi connectivity index (χ0n) is 29.9. The van der Waals surface area contributed by atoms with Gasteiger partial charge in [-0.05, 0) is 97.1 Å². The van der Waals surface area contributed by atoms with E-state index < -0.39 is 0 Å². The summed E-state index contributed by atoms with van der Waals surface area (Å²) in [6.07, 6.45) is 0. The van der Waals surface area contributed by atoms with Crippen LogP contribution in [-0.4, -0.2) is 62.0 Å². The van der Waals surface area contributed by atoms with Crippen molar-refractivity contribution in [2.24, 2.45) is 0 Å². The van der Waals surface area contributed by atoms with E-state index in [-0.39, 0.29) is 0 Å². The third kappa shape index (κ3) is 5.35. The first-order valence-electron chi connectivity index (χ1n) is 17.4. The number of rotatable bonds is 6. The molecule has 13 heteroatoms. The monoisotopic (exact) mass is 668 g/mol. The van der Waals surface area contributed by atoms with Gasteiger partial charge in [0.05, 0.1) is 0 Å². The normalized spacial score (nSPS) is 11.5. The van der Waals surface area contributed by atoms with Gasteiger partial charge in [-0.1, -0.05) is 44.9 Å². The summed E-state index contributed by atoms with van der Waals surface area (Å²) in [7, 11) is 12.7. The summed E-state index contributed by atoms with van der Waals surface area (Å²) in [5, 5.41) is 0. The minimum atomic E-state index is 0.589. The first-order valence-corrected chi connectivity index (χ1v) is 17.4. The molecule has 9 rings (SSSR count). The van der Waals surface area contributed by atoms with E-state index in [1.54, 1.807) is 0 Å². The fourth-order valence-corrected chi connectivity index (χ4v) is 6.87. The maximum atomic E-state index is 6.38. The molecule has 0 saturated carbocycles. The highest BCUT2D eigenvalue weighted by Gasteiger charge is 2.19. The molecular formula is C39H30B6N4O3. The molecule has 7 nitrogen and oxygen atoms in total. The third-order valence-electron chi connectivity index (χ3n) is 10.4. The number of anilines is 3. The molecule has 0 aliphatic heterocycles.